The van der Waals surface area contributed by atoms with E-state index in [0.717, 1.165) is 16.5 Å². The second kappa shape index (κ2) is 6.06. The SMILES string of the molecule is O=C(C[n+]1cccc2ccccc21)c1ccccc1.[F-]. The van der Waals surface area contributed by atoms with Crippen LogP contribution in [0.25, 0.3) is 10.9 Å². The Morgan fingerprint density at radius 1 is 0.850 bits per heavy atom. The molecule has 1 aromatic heterocycles. The van der Waals surface area contributed by atoms with Crippen LogP contribution < -0.4 is 9.27 Å². The predicted octanol–water partition coefficient (Wildman–Crippen LogP) is 0.0142. The summed E-state index contributed by atoms with van der Waals surface area (Å²) in [6.07, 6.45) is 1.95. The fourth-order valence-corrected chi connectivity index (χ4v) is 2.23. The van der Waals surface area contributed by atoms with Crippen molar-refractivity contribution in [3.63, 3.8) is 0 Å². The number of benzene rings is 2. The minimum Gasteiger partial charge on any atom is -1.00 e. The molecule has 0 spiro atoms. The highest BCUT2D eigenvalue weighted by molar-refractivity contribution is 5.95. The molecule has 100 valence electrons. The van der Waals surface area contributed by atoms with Crippen LogP contribution in [0.1, 0.15) is 10.4 Å². The number of rotatable bonds is 3. The van der Waals surface area contributed by atoms with Gasteiger partial charge in [0.25, 0.3) is 0 Å². The van der Waals surface area contributed by atoms with Gasteiger partial charge in [0.05, 0.1) is 0 Å². The van der Waals surface area contributed by atoms with Crippen LogP contribution in [0.4, 0.5) is 0 Å². The van der Waals surface area contributed by atoms with Gasteiger partial charge in [-0.3, -0.25) is 4.79 Å². The highest BCUT2D eigenvalue weighted by Crippen LogP contribution is 2.08. The number of carbonyl (C=O) groups excluding carboxylic acids is 1. The van der Waals surface area contributed by atoms with E-state index >= 15 is 0 Å². The molecule has 0 bridgehead atoms. The lowest BCUT2D eigenvalue weighted by molar-refractivity contribution is -0.657. The number of hydrogen-bond acceptors (Lipinski definition) is 1. The average molecular weight is 267 g/mol. The number of nitrogens with zero attached hydrogens (tertiary/aromatic N) is 1. The molecule has 0 N–H and O–H groups in total. The molecule has 0 aliphatic rings. The molecular weight excluding hydrogens is 253 g/mol. The Morgan fingerprint density at radius 3 is 2.30 bits per heavy atom. The smallest absolute Gasteiger partial charge is 0.227 e. The lowest BCUT2D eigenvalue weighted by Gasteiger charge is -2.01. The van der Waals surface area contributed by atoms with Crippen molar-refractivity contribution in [2.24, 2.45) is 0 Å². The van der Waals surface area contributed by atoms with Crippen LogP contribution in [0, 0.1) is 0 Å². The van der Waals surface area contributed by atoms with Crippen LogP contribution in [-0.2, 0) is 6.54 Å². The zero-order valence-corrected chi connectivity index (χ0v) is 10.9. The monoisotopic (exact) mass is 267 g/mol. The third-order valence-corrected chi connectivity index (χ3v) is 3.20. The summed E-state index contributed by atoms with van der Waals surface area (Å²) in [5.74, 6) is 0.127. The topological polar surface area (TPSA) is 20.9 Å². The summed E-state index contributed by atoms with van der Waals surface area (Å²) in [4.78, 5) is 12.2. The van der Waals surface area contributed by atoms with Gasteiger partial charge in [-0.1, -0.05) is 42.5 Å². The third kappa shape index (κ3) is 2.72. The zero-order chi connectivity index (χ0) is 13.1. The summed E-state index contributed by atoms with van der Waals surface area (Å²) in [6, 6.07) is 21.5. The van der Waals surface area contributed by atoms with Crippen molar-refractivity contribution in [2.45, 2.75) is 6.54 Å². The molecule has 0 aliphatic heterocycles. The summed E-state index contributed by atoms with van der Waals surface area (Å²) in [5, 5.41) is 1.14. The maximum atomic E-state index is 12.2. The van der Waals surface area contributed by atoms with Crippen molar-refractivity contribution in [3.05, 3.63) is 78.5 Å². The maximum Gasteiger partial charge on any atom is 0.227 e. The standard InChI is InChI=1S/C17H14NO.FH/c19-17(15-8-2-1-3-9-15)13-18-12-6-10-14-7-4-5-11-16(14)18;/h1-12H,13H2;1H/q+1;/p-1. The Balaban J connectivity index is 0.00000147. The van der Waals surface area contributed by atoms with E-state index in [1.165, 1.54) is 0 Å². The van der Waals surface area contributed by atoms with Crippen molar-refractivity contribution in [1.82, 2.24) is 0 Å². The molecule has 0 atom stereocenters. The largest absolute Gasteiger partial charge is 1.00 e. The van der Waals surface area contributed by atoms with Crippen LogP contribution in [0.2, 0.25) is 0 Å². The van der Waals surface area contributed by atoms with Gasteiger partial charge in [0.15, 0.2) is 6.20 Å². The molecule has 3 aromatic rings. The molecule has 2 aromatic carbocycles. The van der Waals surface area contributed by atoms with Crippen molar-refractivity contribution < 1.29 is 14.1 Å². The number of aromatic nitrogens is 1. The van der Waals surface area contributed by atoms with Crippen LogP contribution in [0.15, 0.2) is 72.9 Å². The molecule has 2 nitrogen and oxygen atoms in total. The van der Waals surface area contributed by atoms with Crippen LogP contribution in [0.3, 0.4) is 0 Å². The Labute approximate surface area is 116 Å². The van der Waals surface area contributed by atoms with Crippen molar-refractivity contribution in [1.29, 1.82) is 0 Å². The van der Waals surface area contributed by atoms with E-state index in [1.807, 2.05) is 65.4 Å². The highest BCUT2D eigenvalue weighted by Gasteiger charge is 2.14. The molecule has 0 unspecified atom stereocenters. The van der Waals surface area contributed by atoms with Crippen molar-refractivity contribution in [3.8, 4) is 0 Å². The number of carbonyl (C=O) groups is 1. The number of Topliss-reactive ketones (excluding diaryl/α,β-unsaturated/α-hetero) is 1. The molecule has 0 saturated heterocycles. The second-order valence-corrected chi connectivity index (χ2v) is 4.48. The maximum absolute atomic E-state index is 12.2. The number of para-hydroxylation sites is 1. The molecule has 3 rings (SSSR count). The van der Waals surface area contributed by atoms with Gasteiger partial charge in [-0.2, -0.15) is 4.57 Å². The minimum absolute atomic E-state index is 0. The predicted molar refractivity (Wildman–Crippen MR) is 74.9 cm³/mol. The Bertz CT molecular complexity index is 720. The van der Waals surface area contributed by atoms with Gasteiger partial charge in [0.2, 0.25) is 17.8 Å². The van der Waals surface area contributed by atoms with Gasteiger partial charge in [-0.05, 0) is 12.1 Å². The number of ketones is 1. The lowest BCUT2D eigenvalue weighted by atomic mass is 10.1. The summed E-state index contributed by atoms with van der Waals surface area (Å²) in [6.45, 7) is 0.366. The van der Waals surface area contributed by atoms with E-state index < -0.39 is 0 Å². The summed E-state index contributed by atoms with van der Waals surface area (Å²) in [7, 11) is 0. The number of pyridine rings is 1. The first-order valence-corrected chi connectivity index (χ1v) is 6.30. The van der Waals surface area contributed by atoms with Gasteiger partial charge < -0.3 is 4.70 Å². The Hall–Kier alpha value is -2.55. The Kier molecular flexibility index (Phi) is 4.20. The van der Waals surface area contributed by atoms with E-state index in [1.54, 1.807) is 0 Å². The van der Waals surface area contributed by atoms with E-state index in [2.05, 4.69) is 12.1 Å². The average Bonchev–Trinajstić information content (AvgIpc) is 2.48. The third-order valence-electron chi connectivity index (χ3n) is 3.20. The number of hydrogen-bond donors (Lipinski definition) is 0. The summed E-state index contributed by atoms with van der Waals surface area (Å²) in [5.41, 5.74) is 1.83. The van der Waals surface area contributed by atoms with Gasteiger partial charge in [0, 0.05) is 23.1 Å². The van der Waals surface area contributed by atoms with E-state index in [9.17, 15) is 4.79 Å². The Morgan fingerprint density at radius 2 is 1.50 bits per heavy atom. The van der Waals surface area contributed by atoms with Gasteiger partial charge in [-0.25, -0.2) is 0 Å². The van der Waals surface area contributed by atoms with E-state index in [0.29, 0.717) is 6.54 Å². The molecule has 20 heavy (non-hydrogen) atoms. The molecular formula is C17H14FNO. The molecule has 0 radical (unpaired) electrons. The highest BCUT2D eigenvalue weighted by atomic mass is 19.0. The summed E-state index contributed by atoms with van der Waals surface area (Å²) >= 11 is 0. The minimum atomic E-state index is 0. The second-order valence-electron chi connectivity index (χ2n) is 4.48. The number of halogens is 1. The zero-order valence-electron chi connectivity index (χ0n) is 10.9. The first-order valence-electron chi connectivity index (χ1n) is 6.30. The molecule has 0 amide bonds. The lowest BCUT2D eigenvalue weighted by Crippen LogP contribution is -3.00. The quantitative estimate of drug-likeness (QED) is 0.484. The van der Waals surface area contributed by atoms with E-state index in [4.69, 9.17) is 0 Å². The first kappa shape index (κ1) is 13.9. The van der Waals surface area contributed by atoms with Crippen LogP contribution in [-0.4, -0.2) is 5.78 Å². The van der Waals surface area contributed by atoms with Crippen molar-refractivity contribution >= 4 is 16.7 Å². The first-order chi connectivity index (χ1) is 9.34. The normalized spacial score (nSPS) is 10.0. The van der Waals surface area contributed by atoms with Crippen LogP contribution >= 0.6 is 0 Å². The molecule has 1 heterocycles. The van der Waals surface area contributed by atoms with Gasteiger partial charge in [0.1, 0.15) is 0 Å². The number of fused-ring (bicyclic) bond motifs is 1. The van der Waals surface area contributed by atoms with Gasteiger partial charge >= 0.3 is 0 Å². The summed E-state index contributed by atoms with van der Waals surface area (Å²) < 4.78 is 1.99. The van der Waals surface area contributed by atoms with Gasteiger partial charge in [-0.15, -0.1) is 0 Å². The fourth-order valence-electron chi connectivity index (χ4n) is 2.23. The molecule has 0 aliphatic carbocycles. The van der Waals surface area contributed by atoms with Crippen LogP contribution in [0.5, 0.6) is 0 Å². The van der Waals surface area contributed by atoms with Crippen molar-refractivity contribution in [2.75, 3.05) is 0 Å². The molecule has 0 fully saturated rings. The van der Waals surface area contributed by atoms with E-state index in [-0.39, 0.29) is 10.5 Å². The molecule has 0 saturated carbocycles. The molecule has 3 heteroatoms. The fraction of sp³-hybridized carbons (Fsp3) is 0.0588.